The molecule has 0 saturated carbocycles. The van der Waals surface area contributed by atoms with E-state index in [9.17, 15) is 19.5 Å². The summed E-state index contributed by atoms with van der Waals surface area (Å²) in [5.41, 5.74) is 1.45. The Bertz CT molecular complexity index is 1190. The van der Waals surface area contributed by atoms with Gasteiger partial charge in [-0.25, -0.2) is 0 Å². The quantitative estimate of drug-likeness (QED) is 0.500. The van der Waals surface area contributed by atoms with Gasteiger partial charge in [-0.05, 0) is 41.0 Å². The lowest BCUT2D eigenvalue weighted by Crippen LogP contribution is -2.40. The first-order valence-corrected chi connectivity index (χ1v) is 10.8. The molecule has 4 rings (SSSR count). The minimum atomic E-state index is -1.36. The SMILES string of the molecule is CC(C)C(NC(=O)c1ccc2ccccc2c1)c1ccc(C(=O)NC2CC(=O)OC2O)cn1. The first-order chi connectivity index (χ1) is 15.8. The predicted octanol–water partition coefficient (Wildman–Crippen LogP) is 2.73. The maximum absolute atomic E-state index is 12.9. The zero-order valence-electron chi connectivity index (χ0n) is 18.3. The van der Waals surface area contributed by atoms with E-state index in [0.717, 1.165) is 10.8 Å². The topological polar surface area (TPSA) is 118 Å². The van der Waals surface area contributed by atoms with Gasteiger partial charge in [0.15, 0.2) is 0 Å². The summed E-state index contributed by atoms with van der Waals surface area (Å²) in [4.78, 5) is 41.0. The normalized spacial score (nSPS) is 18.7. The van der Waals surface area contributed by atoms with E-state index in [4.69, 9.17) is 0 Å². The van der Waals surface area contributed by atoms with Gasteiger partial charge in [0, 0.05) is 11.8 Å². The highest BCUT2D eigenvalue weighted by atomic mass is 16.6. The zero-order chi connectivity index (χ0) is 23.5. The third-order valence-corrected chi connectivity index (χ3v) is 5.63. The van der Waals surface area contributed by atoms with Crippen molar-refractivity contribution in [3.63, 3.8) is 0 Å². The van der Waals surface area contributed by atoms with E-state index >= 15 is 0 Å². The zero-order valence-corrected chi connectivity index (χ0v) is 18.3. The molecule has 0 radical (unpaired) electrons. The molecule has 2 aromatic carbocycles. The third-order valence-electron chi connectivity index (χ3n) is 5.63. The average molecular weight is 447 g/mol. The molecule has 8 heteroatoms. The van der Waals surface area contributed by atoms with E-state index < -0.39 is 24.2 Å². The molecule has 1 fully saturated rings. The number of aliphatic hydroxyl groups excluding tert-OH is 1. The molecular weight excluding hydrogens is 422 g/mol. The van der Waals surface area contributed by atoms with E-state index in [-0.39, 0.29) is 29.9 Å². The fourth-order valence-corrected chi connectivity index (χ4v) is 3.78. The number of nitrogens with one attached hydrogen (secondary N) is 2. The summed E-state index contributed by atoms with van der Waals surface area (Å²) < 4.78 is 4.63. The van der Waals surface area contributed by atoms with Gasteiger partial charge in [0.25, 0.3) is 11.8 Å². The first kappa shape index (κ1) is 22.4. The fourth-order valence-electron chi connectivity index (χ4n) is 3.78. The summed E-state index contributed by atoms with van der Waals surface area (Å²) in [6, 6.07) is 15.5. The summed E-state index contributed by atoms with van der Waals surface area (Å²) in [6.45, 7) is 3.96. The number of rotatable bonds is 6. The number of nitrogens with zero attached hydrogens (tertiary/aromatic N) is 1. The monoisotopic (exact) mass is 447 g/mol. The molecule has 1 aromatic heterocycles. The van der Waals surface area contributed by atoms with Crippen LogP contribution in [0.15, 0.2) is 60.8 Å². The second-order valence-electron chi connectivity index (χ2n) is 8.39. The van der Waals surface area contributed by atoms with Crippen LogP contribution in [0, 0.1) is 5.92 Å². The second-order valence-corrected chi connectivity index (χ2v) is 8.39. The Morgan fingerprint density at radius 2 is 1.76 bits per heavy atom. The number of benzene rings is 2. The number of aliphatic hydroxyl groups is 1. The molecule has 1 saturated heterocycles. The van der Waals surface area contributed by atoms with Crippen LogP contribution < -0.4 is 10.6 Å². The van der Waals surface area contributed by atoms with Crippen LogP contribution in [0.1, 0.15) is 52.7 Å². The van der Waals surface area contributed by atoms with Crippen molar-refractivity contribution in [1.82, 2.24) is 15.6 Å². The van der Waals surface area contributed by atoms with Gasteiger partial charge in [0.1, 0.15) is 6.04 Å². The van der Waals surface area contributed by atoms with Crippen LogP contribution in [0.3, 0.4) is 0 Å². The molecule has 3 N–H and O–H groups in total. The lowest BCUT2D eigenvalue weighted by atomic mass is 9.99. The molecule has 3 unspecified atom stereocenters. The van der Waals surface area contributed by atoms with Crippen molar-refractivity contribution < 1.29 is 24.2 Å². The molecule has 1 aliphatic rings. The van der Waals surface area contributed by atoms with Crippen molar-refractivity contribution in [1.29, 1.82) is 0 Å². The Morgan fingerprint density at radius 1 is 1.03 bits per heavy atom. The number of esters is 1. The number of aromatic nitrogens is 1. The number of hydrogen-bond acceptors (Lipinski definition) is 6. The lowest BCUT2D eigenvalue weighted by Gasteiger charge is -2.22. The minimum Gasteiger partial charge on any atom is -0.434 e. The number of hydrogen-bond donors (Lipinski definition) is 3. The number of carbonyl (C=O) groups is 3. The standard InChI is InChI=1S/C25H25N3O5/c1-14(2)22(28-23(30)17-8-7-15-5-3-4-6-16(15)11-17)19-10-9-18(13-26-19)24(31)27-20-12-21(29)33-25(20)32/h3-11,13-14,20,22,25,32H,12H2,1-2H3,(H,27,31)(H,28,30). The number of carbonyl (C=O) groups excluding carboxylic acids is 3. The molecule has 0 spiro atoms. The molecule has 2 heterocycles. The van der Waals surface area contributed by atoms with Crippen molar-refractivity contribution in [2.75, 3.05) is 0 Å². The Balaban J connectivity index is 1.46. The Kier molecular flexibility index (Phi) is 6.37. The highest BCUT2D eigenvalue weighted by molar-refractivity contribution is 5.99. The van der Waals surface area contributed by atoms with E-state index in [1.165, 1.54) is 6.20 Å². The van der Waals surface area contributed by atoms with Gasteiger partial charge in [-0.2, -0.15) is 0 Å². The molecule has 33 heavy (non-hydrogen) atoms. The largest absolute Gasteiger partial charge is 0.434 e. The smallest absolute Gasteiger partial charge is 0.310 e. The van der Waals surface area contributed by atoms with Crippen molar-refractivity contribution in [3.05, 3.63) is 77.6 Å². The molecule has 0 bridgehead atoms. The van der Waals surface area contributed by atoms with Crippen LogP contribution >= 0.6 is 0 Å². The van der Waals surface area contributed by atoms with E-state index in [2.05, 4.69) is 20.4 Å². The third kappa shape index (κ3) is 5.01. The van der Waals surface area contributed by atoms with Gasteiger partial charge >= 0.3 is 5.97 Å². The summed E-state index contributed by atoms with van der Waals surface area (Å²) in [5.74, 6) is -1.19. The van der Waals surface area contributed by atoms with Gasteiger partial charge in [0.05, 0.1) is 23.7 Å². The van der Waals surface area contributed by atoms with E-state index in [1.54, 1.807) is 18.2 Å². The lowest BCUT2D eigenvalue weighted by molar-refractivity contribution is -0.154. The van der Waals surface area contributed by atoms with Crippen molar-refractivity contribution in [2.45, 2.75) is 38.6 Å². The highest BCUT2D eigenvalue weighted by Crippen LogP contribution is 2.22. The van der Waals surface area contributed by atoms with Crippen LogP contribution in [0.5, 0.6) is 0 Å². The summed E-state index contributed by atoms with van der Waals surface area (Å²) in [5, 5.41) is 17.3. The van der Waals surface area contributed by atoms with Gasteiger partial charge < -0.3 is 20.5 Å². The van der Waals surface area contributed by atoms with Gasteiger partial charge in [-0.15, -0.1) is 0 Å². The van der Waals surface area contributed by atoms with Crippen molar-refractivity contribution in [2.24, 2.45) is 5.92 Å². The Morgan fingerprint density at radius 3 is 2.39 bits per heavy atom. The molecule has 3 atom stereocenters. The Labute approximate surface area is 191 Å². The predicted molar refractivity (Wildman–Crippen MR) is 121 cm³/mol. The molecule has 0 aliphatic carbocycles. The molecule has 8 nitrogen and oxygen atoms in total. The minimum absolute atomic E-state index is 0.0541. The summed E-state index contributed by atoms with van der Waals surface area (Å²) in [6.07, 6.45) is -0.0368. The van der Waals surface area contributed by atoms with Crippen LogP contribution in [0.4, 0.5) is 0 Å². The average Bonchev–Trinajstić information content (AvgIpc) is 3.13. The molecule has 2 amide bonds. The maximum atomic E-state index is 12.9. The number of ether oxygens (including phenoxy) is 1. The van der Waals surface area contributed by atoms with Crippen LogP contribution in [0.25, 0.3) is 10.8 Å². The van der Waals surface area contributed by atoms with Crippen molar-refractivity contribution >= 4 is 28.6 Å². The second kappa shape index (κ2) is 9.38. The van der Waals surface area contributed by atoms with Gasteiger partial charge in [-0.3, -0.25) is 19.4 Å². The highest BCUT2D eigenvalue weighted by Gasteiger charge is 2.34. The molecule has 1 aliphatic heterocycles. The first-order valence-electron chi connectivity index (χ1n) is 10.8. The number of amides is 2. The Hall–Kier alpha value is -3.78. The van der Waals surface area contributed by atoms with Crippen LogP contribution in [-0.4, -0.2) is 40.2 Å². The van der Waals surface area contributed by atoms with Gasteiger partial charge in [0.2, 0.25) is 6.29 Å². The summed E-state index contributed by atoms with van der Waals surface area (Å²) in [7, 11) is 0. The number of cyclic esters (lactones) is 1. The van der Waals surface area contributed by atoms with Crippen molar-refractivity contribution in [3.8, 4) is 0 Å². The molecular formula is C25H25N3O5. The maximum Gasteiger partial charge on any atom is 0.310 e. The van der Waals surface area contributed by atoms with Crippen LogP contribution in [-0.2, 0) is 9.53 Å². The fraction of sp³-hybridized carbons (Fsp3) is 0.280. The number of pyridine rings is 1. The van der Waals surface area contributed by atoms with Gasteiger partial charge in [-0.1, -0.05) is 44.2 Å². The summed E-state index contributed by atoms with van der Waals surface area (Å²) >= 11 is 0. The molecule has 3 aromatic rings. The molecule has 170 valence electrons. The van der Waals surface area contributed by atoms with E-state index in [0.29, 0.717) is 11.3 Å². The number of fused-ring (bicyclic) bond motifs is 1. The van der Waals surface area contributed by atoms with Crippen LogP contribution in [0.2, 0.25) is 0 Å². The van der Waals surface area contributed by atoms with E-state index in [1.807, 2.05) is 50.2 Å².